The fourth-order valence-corrected chi connectivity index (χ4v) is 2.78. The number of amides is 2. The lowest BCUT2D eigenvalue weighted by Crippen LogP contribution is -2.33. The molecule has 2 amide bonds. The van der Waals surface area contributed by atoms with Gasteiger partial charge < -0.3 is 15.7 Å². The lowest BCUT2D eigenvalue weighted by atomic mass is 10.0. The highest BCUT2D eigenvalue weighted by atomic mass is 32.2. The van der Waals surface area contributed by atoms with Crippen LogP contribution in [-0.4, -0.2) is 28.2 Å². The Morgan fingerprint density at radius 3 is 2.57 bits per heavy atom. The first-order chi connectivity index (χ1) is 11.1. The molecule has 122 valence electrons. The van der Waals surface area contributed by atoms with Crippen LogP contribution in [0.15, 0.2) is 59.5 Å². The highest BCUT2D eigenvalue weighted by Crippen LogP contribution is 2.17. The Labute approximate surface area is 138 Å². The van der Waals surface area contributed by atoms with Crippen LogP contribution in [0.3, 0.4) is 0 Å². The van der Waals surface area contributed by atoms with Gasteiger partial charge >= 0.3 is 6.03 Å². The van der Waals surface area contributed by atoms with Gasteiger partial charge in [-0.1, -0.05) is 36.4 Å². The third-order valence-corrected chi connectivity index (χ3v) is 4.27. The standard InChI is InChI=1S/C17H20N2O3S/c1-23(22)15-9-5-8-14(12-15)18-17(21)19-16(10-11-20)13-6-3-2-4-7-13/h2-9,12,16,20H,10-11H2,1H3,(H2,18,19,21)/t16-,23-/m1/s1. The molecular weight excluding hydrogens is 312 g/mol. The van der Waals surface area contributed by atoms with Crippen molar-refractivity contribution in [3.8, 4) is 0 Å². The maximum atomic E-state index is 12.2. The molecule has 5 nitrogen and oxygen atoms in total. The predicted octanol–water partition coefficient (Wildman–Crippen LogP) is 2.67. The Balaban J connectivity index is 2.05. The quantitative estimate of drug-likeness (QED) is 0.761. The number of rotatable bonds is 6. The van der Waals surface area contributed by atoms with E-state index in [2.05, 4.69) is 10.6 Å². The van der Waals surface area contributed by atoms with Crippen molar-refractivity contribution >= 4 is 22.5 Å². The van der Waals surface area contributed by atoms with Crippen LogP contribution in [-0.2, 0) is 10.8 Å². The van der Waals surface area contributed by atoms with Gasteiger partial charge in [0, 0.05) is 34.2 Å². The molecule has 2 atom stereocenters. The largest absolute Gasteiger partial charge is 0.396 e. The van der Waals surface area contributed by atoms with Crippen molar-refractivity contribution in [3.63, 3.8) is 0 Å². The number of urea groups is 1. The summed E-state index contributed by atoms with van der Waals surface area (Å²) >= 11 is 0. The highest BCUT2D eigenvalue weighted by molar-refractivity contribution is 7.84. The Bertz CT molecular complexity index is 677. The monoisotopic (exact) mass is 332 g/mol. The van der Waals surface area contributed by atoms with Crippen molar-refractivity contribution in [1.29, 1.82) is 0 Å². The molecule has 2 aromatic rings. The molecule has 0 bridgehead atoms. The summed E-state index contributed by atoms with van der Waals surface area (Å²) in [6, 6.07) is 15.7. The normalized spacial score (nSPS) is 13.1. The van der Waals surface area contributed by atoms with E-state index in [4.69, 9.17) is 0 Å². The van der Waals surface area contributed by atoms with E-state index in [1.165, 1.54) is 0 Å². The zero-order valence-corrected chi connectivity index (χ0v) is 13.7. The molecule has 0 aromatic heterocycles. The number of benzene rings is 2. The highest BCUT2D eigenvalue weighted by Gasteiger charge is 2.14. The van der Waals surface area contributed by atoms with E-state index in [-0.39, 0.29) is 18.7 Å². The molecule has 0 aliphatic rings. The lowest BCUT2D eigenvalue weighted by Gasteiger charge is -2.18. The number of nitrogens with one attached hydrogen (secondary N) is 2. The molecule has 0 fully saturated rings. The molecule has 0 radical (unpaired) electrons. The molecule has 0 saturated carbocycles. The number of carbonyl (C=O) groups is 1. The summed E-state index contributed by atoms with van der Waals surface area (Å²) in [6.45, 7) is -0.0237. The van der Waals surface area contributed by atoms with E-state index in [1.807, 2.05) is 30.3 Å². The Morgan fingerprint density at radius 2 is 1.91 bits per heavy atom. The fourth-order valence-electron chi connectivity index (χ4n) is 2.21. The van der Waals surface area contributed by atoms with E-state index < -0.39 is 10.8 Å². The Kier molecular flexibility index (Phi) is 6.31. The van der Waals surface area contributed by atoms with Gasteiger partial charge in [-0.25, -0.2) is 4.79 Å². The van der Waals surface area contributed by atoms with Crippen molar-refractivity contribution in [3.05, 3.63) is 60.2 Å². The van der Waals surface area contributed by atoms with Gasteiger partial charge in [-0.2, -0.15) is 0 Å². The van der Waals surface area contributed by atoms with Gasteiger partial charge in [0.05, 0.1) is 6.04 Å². The van der Waals surface area contributed by atoms with Crippen LogP contribution in [0.25, 0.3) is 0 Å². The second-order valence-electron chi connectivity index (χ2n) is 5.06. The zero-order chi connectivity index (χ0) is 16.7. The minimum absolute atomic E-state index is 0.0237. The molecule has 0 heterocycles. The average molecular weight is 332 g/mol. The van der Waals surface area contributed by atoms with Crippen molar-refractivity contribution in [2.45, 2.75) is 17.4 Å². The number of aliphatic hydroxyl groups is 1. The maximum Gasteiger partial charge on any atom is 0.319 e. The third kappa shape index (κ3) is 5.19. The van der Waals surface area contributed by atoms with Gasteiger partial charge in [-0.15, -0.1) is 0 Å². The van der Waals surface area contributed by atoms with E-state index in [1.54, 1.807) is 30.5 Å². The zero-order valence-electron chi connectivity index (χ0n) is 12.9. The van der Waals surface area contributed by atoms with Gasteiger partial charge in [0.15, 0.2) is 0 Å². The summed E-state index contributed by atoms with van der Waals surface area (Å²) in [5, 5.41) is 14.8. The van der Waals surface area contributed by atoms with Crippen molar-refractivity contribution in [2.75, 3.05) is 18.2 Å². The predicted molar refractivity (Wildman–Crippen MR) is 91.8 cm³/mol. The summed E-state index contributed by atoms with van der Waals surface area (Å²) < 4.78 is 11.5. The van der Waals surface area contributed by atoms with Crippen molar-refractivity contribution in [2.24, 2.45) is 0 Å². The molecule has 2 rings (SSSR count). The van der Waals surface area contributed by atoms with Crippen LogP contribution >= 0.6 is 0 Å². The smallest absolute Gasteiger partial charge is 0.319 e. The summed E-state index contributed by atoms with van der Waals surface area (Å²) in [5.41, 5.74) is 1.51. The molecule has 0 unspecified atom stereocenters. The van der Waals surface area contributed by atoms with Crippen LogP contribution in [0.2, 0.25) is 0 Å². The number of hydrogen-bond acceptors (Lipinski definition) is 3. The van der Waals surface area contributed by atoms with Crippen LogP contribution in [0, 0.1) is 0 Å². The average Bonchev–Trinajstić information content (AvgIpc) is 2.55. The third-order valence-electron chi connectivity index (χ3n) is 3.35. The van der Waals surface area contributed by atoms with Crippen LogP contribution in [0.5, 0.6) is 0 Å². The lowest BCUT2D eigenvalue weighted by molar-refractivity contribution is 0.239. The summed E-state index contributed by atoms with van der Waals surface area (Å²) in [4.78, 5) is 12.8. The molecule has 0 saturated heterocycles. The molecule has 3 N–H and O–H groups in total. The second-order valence-corrected chi connectivity index (χ2v) is 6.44. The van der Waals surface area contributed by atoms with E-state index in [9.17, 15) is 14.1 Å². The summed E-state index contributed by atoms with van der Waals surface area (Å²) in [5.74, 6) is 0. The van der Waals surface area contributed by atoms with Crippen LogP contribution < -0.4 is 10.6 Å². The van der Waals surface area contributed by atoms with Gasteiger partial charge in [0.25, 0.3) is 0 Å². The summed E-state index contributed by atoms with van der Waals surface area (Å²) in [6.07, 6.45) is 2.02. The van der Waals surface area contributed by atoms with Crippen molar-refractivity contribution < 1.29 is 14.1 Å². The molecule has 0 spiro atoms. The molecule has 0 aliphatic carbocycles. The summed E-state index contributed by atoms with van der Waals surface area (Å²) in [7, 11) is -1.10. The SMILES string of the molecule is C[S@@](=O)c1cccc(NC(=O)N[C@H](CCO)c2ccccc2)c1. The van der Waals surface area contributed by atoms with Gasteiger partial charge in [0.1, 0.15) is 0 Å². The van der Waals surface area contributed by atoms with Crippen molar-refractivity contribution in [1.82, 2.24) is 5.32 Å². The first kappa shape index (κ1) is 17.2. The van der Waals surface area contributed by atoms with E-state index >= 15 is 0 Å². The van der Waals surface area contributed by atoms with E-state index in [0.29, 0.717) is 17.0 Å². The number of aliphatic hydroxyl groups excluding tert-OH is 1. The Hall–Kier alpha value is -2.18. The molecule has 6 heteroatoms. The topological polar surface area (TPSA) is 78.4 Å². The van der Waals surface area contributed by atoms with Gasteiger partial charge in [-0.3, -0.25) is 4.21 Å². The Morgan fingerprint density at radius 1 is 1.17 bits per heavy atom. The number of hydrogen-bond donors (Lipinski definition) is 3. The number of anilines is 1. The van der Waals surface area contributed by atoms with Crippen LogP contribution in [0.1, 0.15) is 18.0 Å². The second kappa shape index (κ2) is 8.45. The molecule has 2 aromatic carbocycles. The maximum absolute atomic E-state index is 12.2. The van der Waals surface area contributed by atoms with Gasteiger partial charge in [0.2, 0.25) is 0 Å². The van der Waals surface area contributed by atoms with E-state index in [0.717, 1.165) is 5.56 Å². The first-order valence-corrected chi connectivity index (χ1v) is 8.83. The van der Waals surface area contributed by atoms with Crippen LogP contribution in [0.4, 0.5) is 10.5 Å². The molecule has 0 aliphatic heterocycles. The number of carbonyl (C=O) groups excluding carboxylic acids is 1. The molecular formula is C17H20N2O3S. The first-order valence-electron chi connectivity index (χ1n) is 7.27. The minimum atomic E-state index is -1.10. The fraction of sp³-hybridized carbons (Fsp3) is 0.235. The minimum Gasteiger partial charge on any atom is -0.396 e. The van der Waals surface area contributed by atoms with Gasteiger partial charge in [-0.05, 0) is 30.2 Å². The molecule has 23 heavy (non-hydrogen) atoms.